The van der Waals surface area contributed by atoms with Gasteiger partial charge in [-0.15, -0.1) is 0 Å². The number of ether oxygens (including phenoxy) is 1. The summed E-state index contributed by atoms with van der Waals surface area (Å²) in [5.41, 5.74) is 20.4. The number of rotatable bonds is 4. The molecule has 2 nitrogen and oxygen atoms in total. The Kier molecular flexibility index (Phi) is 6.51. The second-order valence-electron chi connectivity index (χ2n) is 16.5. The summed E-state index contributed by atoms with van der Waals surface area (Å²) in [6, 6.07) is 58.5. The third kappa shape index (κ3) is 4.34. The van der Waals surface area contributed by atoms with Crippen LogP contribution in [0.1, 0.15) is 78.1 Å². The van der Waals surface area contributed by atoms with E-state index in [2.05, 4.69) is 196 Å². The molecule has 0 radical (unpaired) electrons. The highest BCUT2D eigenvalue weighted by atomic mass is 16.5. The molecule has 54 heavy (non-hydrogen) atoms. The van der Waals surface area contributed by atoms with Crippen LogP contribution in [0.5, 0.6) is 5.75 Å². The number of anilines is 3. The van der Waals surface area contributed by atoms with Gasteiger partial charge in [-0.05, 0) is 110 Å². The number of hydrogen-bond donors (Lipinski definition) is 0. The normalized spacial score (nSPS) is 18.6. The number of nitrogens with zero attached hydrogens (tertiary/aromatic N) is 1. The molecule has 0 aromatic heterocycles. The number of fused-ring (bicyclic) bond motifs is 11. The van der Waals surface area contributed by atoms with Gasteiger partial charge in [0, 0.05) is 39.0 Å². The van der Waals surface area contributed by atoms with Gasteiger partial charge in [-0.25, -0.2) is 0 Å². The molecule has 0 saturated carbocycles. The SMILES string of the molecule is CC1(C)c2ccccc2-c2ccc(N(c3ccc(C4=Cc5ccccc5C5c6ccccc6OC45)cc3)c3ccc4c(c3)C(C)(C)c3ccccc3-4)cc21. The summed E-state index contributed by atoms with van der Waals surface area (Å²) in [7, 11) is 0. The summed E-state index contributed by atoms with van der Waals surface area (Å²) >= 11 is 0. The average molecular weight is 696 g/mol. The molecule has 11 rings (SSSR count). The molecule has 4 aliphatic rings. The quantitative estimate of drug-likeness (QED) is 0.182. The van der Waals surface area contributed by atoms with Crippen molar-refractivity contribution in [3.05, 3.63) is 202 Å². The Labute approximate surface area is 318 Å². The lowest BCUT2D eigenvalue weighted by Gasteiger charge is -2.31. The van der Waals surface area contributed by atoms with Crippen molar-refractivity contribution >= 4 is 28.7 Å². The van der Waals surface area contributed by atoms with Crippen LogP contribution >= 0.6 is 0 Å². The van der Waals surface area contributed by atoms with Crippen molar-refractivity contribution in [2.24, 2.45) is 0 Å². The first-order valence-corrected chi connectivity index (χ1v) is 19.2. The van der Waals surface area contributed by atoms with Crippen LogP contribution in [-0.4, -0.2) is 6.10 Å². The van der Waals surface area contributed by atoms with Crippen molar-refractivity contribution < 1.29 is 4.74 Å². The van der Waals surface area contributed by atoms with E-state index < -0.39 is 0 Å². The van der Waals surface area contributed by atoms with Crippen molar-refractivity contribution in [2.45, 2.75) is 50.5 Å². The molecule has 3 aliphatic carbocycles. The molecule has 260 valence electrons. The van der Waals surface area contributed by atoms with Gasteiger partial charge in [-0.1, -0.05) is 143 Å². The molecule has 7 aromatic carbocycles. The average Bonchev–Trinajstić information content (AvgIpc) is 3.79. The second-order valence-corrected chi connectivity index (χ2v) is 16.5. The standard InChI is InChI=1S/C52H41NO/c1-51(2)44-18-10-7-15-38(44)40-27-25-35(30-46(40)51)53(36-26-28-41-39-16-8-11-19-45(39)52(3,4)47(41)31-36)34-23-21-32(22-24-34)43-29-33-13-5-6-14-37(33)49-42-17-9-12-20-48(42)54-50(43)49/h5-31,49-50H,1-4H3. The van der Waals surface area contributed by atoms with Crippen molar-refractivity contribution in [1.29, 1.82) is 0 Å². The van der Waals surface area contributed by atoms with Crippen LogP contribution < -0.4 is 9.64 Å². The maximum atomic E-state index is 6.75. The molecule has 0 saturated heterocycles. The van der Waals surface area contributed by atoms with E-state index in [0.717, 1.165) is 22.8 Å². The van der Waals surface area contributed by atoms with Crippen LogP contribution in [0.15, 0.2) is 158 Å². The monoisotopic (exact) mass is 695 g/mol. The van der Waals surface area contributed by atoms with Gasteiger partial charge in [0.25, 0.3) is 0 Å². The molecule has 0 spiro atoms. The van der Waals surface area contributed by atoms with Gasteiger partial charge < -0.3 is 9.64 Å². The number of hydrogen-bond acceptors (Lipinski definition) is 2. The lowest BCUT2D eigenvalue weighted by Crippen LogP contribution is -2.25. The minimum absolute atomic E-state index is 0.0691. The molecule has 1 aliphatic heterocycles. The van der Waals surface area contributed by atoms with Crippen molar-refractivity contribution in [1.82, 2.24) is 0 Å². The van der Waals surface area contributed by atoms with Crippen LogP contribution in [-0.2, 0) is 10.8 Å². The summed E-state index contributed by atoms with van der Waals surface area (Å²) in [4.78, 5) is 2.46. The van der Waals surface area contributed by atoms with Crippen LogP contribution in [0.3, 0.4) is 0 Å². The smallest absolute Gasteiger partial charge is 0.135 e. The van der Waals surface area contributed by atoms with Gasteiger partial charge in [-0.3, -0.25) is 0 Å². The Morgan fingerprint density at radius 2 is 0.963 bits per heavy atom. The highest BCUT2D eigenvalue weighted by Crippen LogP contribution is 2.54. The molecule has 0 N–H and O–H groups in total. The van der Waals surface area contributed by atoms with E-state index in [1.165, 1.54) is 72.3 Å². The molecular formula is C52H41NO. The molecule has 0 fully saturated rings. The third-order valence-electron chi connectivity index (χ3n) is 12.9. The predicted octanol–water partition coefficient (Wildman–Crippen LogP) is 13.2. The van der Waals surface area contributed by atoms with E-state index in [1.807, 2.05) is 0 Å². The minimum Gasteiger partial charge on any atom is -0.484 e. The Morgan fingerprint density at radius 1 is 0.463 bits per heavy atom. The van der Waals surface area contributed by atoms with Crippen molar-refractivity contribution in [2.75, 3.05) is 4.90 Å². The Hall–Kier alpha value is -6.12. The fourth-order valence-corrected chi connectivity index (χ4v) is 10.1. The van der Waals surface area contributed by atoms with Gasteiger partial charge in [0.15, 0.2) is 0 Å². The van der Waals surface area contributed by atoms with Crippen molar-refractivity contribution in [3.63, 3.8) is 0 Å². The van der Waals surface area contributed by atoms with Crippen LogP contribution in [0.2, 0.25) is 0 Å². The zero-order valence-corrected chi connectivity index (χ0v) is 31.1. The Bertz CT molecular complexity index is 2600. The molecule has 0 bridgehead atoms. The minimum atomic E-state index is -0.0990. The van der Waals surface area contributed by atoms with E-state index in [1.54, 1.807) is 0 Å². The lowest BCUT2D eigenvalue weighted by molar-refractivity contribution is 0.276. The largest absolute Gasteiger partial charge is 0.484 e. The second kappa shape index (κ2) is 11.2. The summed E-state index contributed by atoms with van der Waals surface area (Å²) in [5, 5.41) is 0. The van der Waals surface area contributed by atoms with E-state index >= 15 is 0 Å². The van der Waals surface area contributed by atoms with Gasteiger partial charge in [0.2, 0.25) is 0 Å². The molecule has 1 heterocycles. The molecule has 0 amide bonds. The van der Waals surface area contributed by atoms with Gasteiger partial charge in [0.1, 0.15) is 11.9 Å². The summed E-state index contributed by atoms with van der Waals surface area (Å²) in [5.74, 6) is 1.16. The predicted molar refractivity (Wildman–Crippen MR) is 223 cm³/mol. The summed E-state index contributed by atoms with van der Waals surface area (Å²) in [6.45, 7) is 9.45. The Balaban J connectivity index is 1.05. The van der Waals surface area contributed by atoms with Gasteiger partial charge in [0.05, 0.1) is 5.92 Å². The lowest BCUT2D eigenvalue weighted by atomic mass is 9.76. The highest BCUT2D eigenvalue weighted by Gasteiger charge is 2.42. The van der Waals surface area contributed by atoms with Crippen LogP contribution in [0.25, 0.3) is 33.9 Å². The zero-order chi connectivity index (χ0) is 36.3. The molecule has 2 atom stereocenters. The molecular weight excluding hydrogens is 655 g/mol. The van der Waals surface area contributed by atoms with Crippen LogP contribution in [0, 0.1) is 0 Å². The summed E-state index contributed by atoms with van der Waals surface area (Å²) < 4.78 is 6.75. The van der Waals surface area contributed by atoms with Gasteiger partial charge >= 0.3 is 0 Å². The highest BCUT2D eigenvalue weighted by molar-refractivity contribution is 5.92. The molecule has 2 heteroatoms. The zero-order valence-electron chi connectivity index (χ0n) is 31.1. The van der Waals surface area contributed by atoms with E-state index in [-0.39, 0.29) is 22.9 Å². The van der Waals surface area contributed by atoms with Crippen molar-refractivity contribution in [3.8, 4) is 28.0 Å². The molecule has 7 aromatic rings. The fourth-order valence-electron chi connectivity index (χ4n) is 10.1. The third-order valence-corrected chi connectivity index (χ3v) is 12.9. The number of benzene rings is 7. The first-order valence-electron chi connectivity index (χ1n) is 19.2. The van der Waals surface area contributed by atoms with E-state index in [0.29, 0.717) is 0 Å². The van der Waals surface area contributed by atoms with E-state index in [9.17, 15) is 0 Å². The first kappa shape index (κ1) is 31.4. The maximum absolute atomic E-state index is 6.75. The van der Waals surface area contributed by atoms with E-state index in [4.69, 9.17) is 4.74 Å². The molecule has 2 unspecified atom stereocenters. The topological polar surface area (TPSA) is 12.5 Å². The van der Waals surface area contributed by atoms with Gasteiger partial charge in [-0.2, -0.15) is 0 Å². The first-order chi connectivity index (χ1) is 26.3. The Morgan fingerprint density at radius 3 is 1.59 bits per heavy atom. The summed E-state index contributed by atoms with van der Waals surface area (Å²) in [6.07, 6.45) is 2.27. The number of para-hydroxylation sites is 1. The fraction of sp³-hybridized carbons (Fsp3) is 0.154. The maximum Gasteiger partial charge on any atom is 0.135 e. The van der Waals surface area contributed by atoms with Crippen LogP contribution in [0.4, 0.5) is 17.1 Å².